The maximum absolute atomic E-state index is 13.3. The van der Waals surface area contributed by atoms with E-state index in [0.717, 1.165) is 66.4 Å². The van der Waals surface area contributed by atoms with Crippen molar-refractivity contribution in [1.82, 2.24) is 19.8 Å². The first-order valence-corrected chi connectivity index (χ1v) is 12.5. The van der Waals surface area contributed by atoms with Crippen molar-refractivity contribution >= 4 is 23.7 Å². The highest BCUT2D eigenvalue weighted by atomic mass is 32.2. The van der Waals surface area contributed by atoms with Crippen molar-refractivity contribution in [3.8, 4) is 5.69 Å². The number of nitrogens with one attached hydrogen (secondary N) is 2. The fourth-order valence-electron chi connectivity index (χ4n) is 4.28. The number of benzene rings is 2. The molecule has 34 heavy (non-hydrogen) atoms. The van der Waals surface area contributed by atoms with Crippen LogP contribution in [-0.2, 0) is 17.7 Å². The standard InChI is InChI=1S/C25H28FN5O2S/c26-19-5-7-21(8-6-19)31-23-2-1-13-30(24(23)17-28-31)25(32)27-16-18-3-9-22(10-4-18)34-29-20-11-14-33-15-12-20/h3-10,17,20,29H,1-2,11-16H2,(H,27,32). The number of rotatable bonds is 6. The largest absolute Gasteiger partial charge is 0.381 e. The molecule has 2 aliphatic heterocycles. The summed E-state index contributed by atoms with van der Waals surface area (Å²) in [6.07, 6.45) is 5.46. The number of hydrogen-bond acceptors (Lipinski definition) is 5. The normalized spacial score (nSPS) is 16.3. The lowest BCUT2D eigenvalue weighted by atomic mass is 10.1. The Morgan fingerprint density at radius 1 is 1.12 bits per heavy atom. The zero-order valence-corrected chi connectivity index (χ0v) is 19.7. The molecule has 0 spiro atoms. The molecule has 178 valence electrons. The zero-order valence-electron chi connectivity index (χ0n) is 18.9. The number of carbonyl (C=O) groups is 1. The summed E-state index contributed by atoms with van der Waals surface area (Å²) in [4.78, 5) is 15.9. The van der Waals surface area contributed by atoms with Crippen LogP contribution in [0.3, 0.4) is 0 Å². The summed E-state index contributed by atoms with van der Waals surface area (Å²) in [5, 5.41) is 7.50. The Kier molecular flexibility index (Phi) is 7.13. The maximum Gasteiger partial charge on any atom is 0.322 e. The van der Waals surface area contributed by atoms with Gasteiger partial charge in [0.1, 0.15) is 5.82 Å². The van der Waals surface area contributed by atoms with Crippen molar-refractivity contribution < 1.29 is 13.9 Å². The molecule has 1 saturated heterocycles. The highest BCUT2D eigenvalue weighted by molar-refractivity contribution is 7.97. The lowest BCUT2D eigenvalue weighted by Crippen LogP contribution is -2.42. The SMILES string of the molecule is O=C(NCc1ccc(SNC2CCOCC2)cc1)N1CCCc2c1cnn2-c1ccc(F)cc1. The first-order chi connectivity index (χ1) is 16.7. The van der Waals surface area contributed by atoms with E-state index in [1.165, 1.54) is 12.1 Å². The number of anilines is 1. The minimum atomic E-state index is -0.284. The summed E-state index contributed by atoms with van der Waals surface area (Å²) in [6, 6.07) is 14.8. The van der Waals surface area contributed by atoms with Gasteiger partial charge >= 0.3 is 6.03 Å². The van der Waals surface area contributed by atoms with Crippen molar-refractivity contribution in [1.29, 1.82) is 0 Å². The number of nitrogens with zero attached hydrogens (tertiary/aromatic N) is 3. The lowest BCUT2D eigenvalue weighted by molar-refractivity contribution is 0.0838. The molecule has 2 N–H and O–H groups in total. The summed E-state index contributed by atoms with van der Waals surface area (Å²) in [7, 11) is 0. The molecule has 3 aromatic rings. The third-order valence-corrected chi connectivity index (χ3v) is 7.14. The fraction of sp³-hybridized carbons (Fsp3) is 0.360. The second-order valence-electron chi connectivity index (χ2n) is 8.53. The minimum absolute atomic E-state index is 0.140. The second kappa shape index (κ2) is 10.6. The van der Waals surface area contributed by atoms with Gasteiger partial charge in [-0.2, -0.15) is 5.10 Å². The molecule has 1 fully saturated rings. The average molecular weight is 482 g/mol. The Balaban J connectivity index is 1.17. The lowest BCUT2D eigenvalue weighted by Gasteiger charge is -2.27. The van der Waals surface area contributed by atoms with Crippen LogP contribution in [-0.4, -0.2) is 41.6 Å². The van der Waals surface area contributed by atoms with Crippen LogP contribution in [0.4, 0.5) is 14.9 Å². The fourth-order valence-corrected chi connectivity index (χ4v) is 5.09. The van der Waals surface area contributed by atoms with Crippen molar-refractivity contribution in [2.24, 2.45) is 0 Å². The molecule has 2 aliphatic rings. The minimum Gasteiger partial charge on any atom is -0.381 e. The van der Waals surface area contributed by atoms with Gasteiger partial charge in [0.05, 0.1) is 23.3 Å². The summed E-state index contributed by atoms with van der Waals surface area (Å²) in [6.45, 7) is 2.74. The molecule has 0 bridgehead atoms. The van der Waals surface area contributed by atoms with Gasteiger partial charge in [0.15, 0.2) is 0 Å². The number of amides is 2. The number of carbonyl (C=O) groups excluding carboxylic acids is 1. The highest BCUT2D eigenvalue weighted by Crippen LogP contribution is 2.29. The first-order valence-electron chi connectivity index (χ1n) is 11.6. The first kappa shape index (κ1) is 22.9. The van der Waals surface area contributed by atoms with Gasteiger partial charge in [-0.05, 0) is 79.6 Å². The maximum atomic E-state index is 13.3. The summed E-state index contributed by atoms with van der Waals surface area (Å²) < 4.78 is 24.0. The Hall–Kier alpha value is -2.88. The Labute approximate surface area is 202 Å². The molecule has 7 nitrogen and oxygen atoms in total. The molecular formula is C25H28FN5O2S. The molecule has 2 aromatic carbocycles. The van der Waals surface area contributed by atoms with Crippen LogP contribution in [0.15, 0.2) is 59.6 Å². The van der Waals surface area contributed by atoms with E-state index in [1.807, 2.05) is 12.1 Å². The van der Waals surface area contributed by atoms with Gasteiger partial charge in [-0.1, -0.05) is 12.1 Å². The van der Waals surface area contributed by atoms with Crippen LogP contribution in [0.5, 0.6) is 0 Å². The van der Waals surface area contributed by atoms with Crippen LogP contribution >= 0.6 is 11.9 Å². The van der Waals surface area contributed by atoms with Crippen LogP contribution in [0.25, 0.3) is 5.69 Å². The monoisotopic (exact) mass is 481 g/mol. The van der Waals surface area contributed by atoms with E-state index >= 15 is 0 Å². The Morgan fingerprint density at radius 3 is 2.65 bits per heavy atom. The second-order valence-corrected chi connectivity index (χ2v) is 9.44. The molecule has 9 heteroatoms. The number of aromatic nitrogens is 2. The number of fused-ring (bicyclic) bond motifs is 1. The van der Waals surface area contributed by atoms with E-state index in [0.29, 0.717) is 19.1 Å². The number of ether oxygens (including phenoxy) is 1. The third kappa shape index (κ3) is 5.27. The summed E-state index contributed by atoms with van der Waals surface area (Å²) in [5.74, 6) is -0.284. The van der Waals surface area contributed by atoms with E-state index in [1.54, 1.807) is 39.9 Å². The average Bonchev–Trinajstić information content (AvgIpc) is 3.32. The van der Waals surface area contributed by atoms with E-state index < -0.39 is 0 Å². The third-order valence-electron chi connectivity index (χ3n) is 6.18. The van der Waals surface area contributed by atoms with Gasteiger partial charge in [-0.25, -0.2) is 13.9 Å². The molecule has 5 rings (SSSR count). The Morgan fingerprint density at radius 2 is 1.88 bits per heavy atom. The van der Waals surface area contributed by atoms with Gasteiger partial charge in [-0.15, -0.1) is 0 Å². The van der Waals surface area contributed by atoms with Gasteiger partial charge in [0, 0.05) is 37.2 Å². The molecule has 0 aliphatic carbocycles. The van der Waals surface area contributed by atoms with Crippen molar-refractivity contribution in [3.05, 3.63) is 71.8 Å². The molecule has 3 heterocycles. The molecule has 0 unspecified atom stereocenters. The molecule has 0 radical (unpaired) electrons. The predicted molar refractivity (Wildman–Crippen MR) is 131 cm³/mol. The number of hydrogen-bond donors (Lipinski definition) is 2. The summed E-state index contributed by atoms with van der Waals surface area (Å²) in [5.41, 5.74) is 3.60. The van der Waals surface area contributed by atoms with Gasteiger partial charge < -0.3 is 10.1 Å². The van der Waals surface area contributed by atoms with Gasteiger partial charge in [0.25, 0.3) is 0 Å². The Bertz CT molecular complexity index is 1110. The zero-order chi connectivity index (χ0) is 23.3. The van der Waals surface area contributed by atoms with Crippen LogP contribution < -0.4 is 14.9 Å². The van der Waals surface area contributed by atoms with Crippen molar-refractivity contribution in [3.63, 3.8) is 0 Å². The van der Waals surface area contributed by atoms with Crippen molar-refractivity contribution in [2.75, 3.05) is 24.7 Å². The topological polar surface area (TPSA) is 71.4 Å². The molecule has 2 amide bonds. The smallest absolute Gasteiger partial charge is 0.322 e. The molecular weight excluding hydrogens is 453 g/mol. The quantitative estimate of drug-likeness (QED) is 0.509. The van der Waals surface area contributed by atoms with E-state index in [-0.39, 0.29) is 11.8 Å². The summed E-state index contributed by atoms with van der Waals surface area (Å²) >= 11 is 1.65. The van der Waals surface area contributed by atoms with Crippen LogP contribution in [0.1, 0.15) is 30.5 Å². The number of halogens is 1. The van der Waals surface area contributed by atoms with Gasteiger partial charge in [-0.3, -0.25) is 9.62 Å². The van der Waals surface area contributed by atoms with E-state index in [2.05, 4.69) is 27.3 Å². The van der Waals surface area contributed by atoms with Crippen LogP contribution in [0, 0.1) is 5.82 Å². The van der Waals surface area contributed by atoms with Gasteiger partial charge in [0.2, 0.25) is 0 Å². The van der Waals surface area contributed by atoms with Crippen molar-refractivity contribution in [2.45, 2.75) is 43.2 Å². The molecule has 0 saturated carbocycles. The van der Waals surface area contributed by atoms with Crippen LogP contribution in [0.2, 0.25) is 0 Å². The van der Waals surface area contributed by atoms with E-state index in [9.17, 15) is 9.18 Å². The number of urea groups is 1. The van der Waals surface area contributed by atoms with E-state index in [4.69, 9.17) is 4.74 Å². The molecule has 1 aromatic heterocycles. The highest BCUT2D eigenvalue weighted by Gasteiger charge is 2.26. The predicted octanol–water partition coefficient (Wildman–Crippen LogP) is 4.45. The molecule has 0 atom stereocenters.